The Labute approximate surface area is 185 Å². The highest BCUT2D eigenvalue weighted by Crippen LogP contribution is 2.45. The lowest BCUT2D eigenvalue weighted by atomic mass is 9.81. The van der Waals surface area contributed by atoms with E-state index in [4.69, 9.17) is 9.84 Å². The molecule has 3 N–H and O–H groups in total. The van der Waals surface area contributed by atoms with Crippen LogP contribution in [0.25, 0.3) is 0 Å². The largest absolute Gasteiger partial charge is 0.506 e. The zero-order valence-corrected chi connectivity index (χ0v) is 19.2. The van der Waals surface area contributed by atoms with Crippen molar-refractivity contribution in [3.05, 3.63) is 68.6 Å². The van der Waals surface area contributed by atoms with E-state index in [1.165, 1.54) is 6.08 Å². The molecule has 0 aliphatic carbocycles. The molecule has 154 valence electrons. The van der Waals surface area contributed by atoms with E-state index < -0.39 is 23.6 Å². The number of carboxylic acid groups (broad SMARTS) is 1. The number of halogens is 2. The number of aromatic hydroxyl groups is 1. The van der Waals surface area contributed by atoms with Gasteiger partial charge in [-0.15, -0.1) is 0 Å². The second-order valence-electron chi connectivity index (χ2n) is 7.09. The monoisotopic (exact) mass is 525 g/mol. The summed E-state index contributed by atoms with van der Waals surface area (Å²) in [6.45, 7) is 5.36. The Kier molecular flexibility index (Phi) is 7.48. The van der Waals surface area contributed by atoms with Crippen molar-refractivity contribution < 1.29 is 24.5 Å². The van der Waals surface area contributed by atoms with Gasteiger partial charge in [0.05, 0.1) is 4.47 Å². The summed E-state index contributed by atoms with van der Waals surface area (Å²) in [6, 6.07) is 10.5. The van der Waals surface area contributed by atoms with Crippen molar-refractivity contribution in [2.45, 2.75) is 26.9 Å². The van der Waals surface area contributed by atoms with Crippen molar-refractivity contribution in [1.82, 2.24) is 0 Å². The van der Waals surface area contributed by atoms with Gasteiger partial charge in [0.1, 0.15) is 11.9 Å². The van der Waals surface area contributed by atoms with Crippen LogP contribution in [-0.4, -0.2) is 22.3 Å². The number of amides is 1. The molecule has 0 aliphatic heterocycles. The van der Waals surface area contributed by atoms with Crippen LogP contribution in [-0.2, 0) is 9.53 Å². The van der Waals surface area contributed by atoms with E-state index in [-0.39, 0.29) is 5.75 Å². The number of ether oxygens (including phenoxy) is 1. The van der Waals surface area contributed by atoms with E-state index in [1.54, 1.807) is 38.1 Å². The quantitative estimate of drug-likeness (QED) is 0.390. The molecule has 2 rings (SSSR count). The molecule has 8 heteroatoms. The van der Waals surface area contributed by atoms with Crippen molar-refractivity contribution in [1.29, 1.82) is 0 Å². The van der Waals surface area contributed by atoms with Gasteiger partial charge < -0.3 is 14.9 Å². The first-order chi connectivity index (χ1) is 13.5. The number of benzene rings is 2. The summed E-state index contributed by atoms with van der Waals surface area (Å²) in [5.41, 5.74) is 0.981. The molecule has 2 aromatic rings. The van der Waals surface area contributed by atoms with Crippen molar-refractivity contribution >= 4 is 49.6 Å². The highest BCUT2D eigenvalue weighted by atomic mass is 79.9. The second kappa shape index (κ2) is 9.45. The summed E-state index contributed by atoms with van der Waals surface area (Å²) in [5, 5.41) is 22.2. The van der Waals surface area contributed by atoms with Crippen LogP contribution < -0.4 is 5.32 Å². The van der Waals surface area contributed by atoms with Crippen LogP contribution in [0.2, 0.25) is 0 Å². The maximum Gasteiger partial charge on any atom is 0.412 e. The number of phenolic OH excluding ortho intramolecular Hbond substituents is 1. The summed E-state index contributed by atoms with van der Waals surface area (Å²) in [7, 11) is 0. The lowest BCUT2D eigenvalue weighted by molar-refractivity contribution is -0.131. The molecule has 0 bridgehead atoms. The molecule has 0 aliphatic rings. The molecule has 2 aromatic carbocycles. The van der Waals surface area contributed by atoms with Gasteiger partial charge in [-0.25, -0.2) is 9.59 Å². The average Bonchev–Trinajstić information content (AvgIpc) is 2.63. The average molecular weight is 527 g/mol. The summed E-state index contributed by atoms with van der Waals surface area (Å²) < 4.78 is 6.73. The van der Waals surface area contributed by atoms with E-state index in [0.29, 0.717) is 20.2 Å². The minimum atomic E-state index is -1.12. The van der Waals surface area contributed by atoms with Crippen molar-refractivity contribution in [2.24, 2.45) is 5.41 Å². The molecule has 0 radical (unpaired) electrons. The predicted octanol–water partition coefficient (Wildman–Crippen LogP) is 6.18. The molecule has 0 fully saturated rings. The molecule has 29 heavy (non-hydrogen) atoms. The van der Waals surface area contributed by atoms with Crippen molar-refractivity contribution in [3.63, 3.8) is 0 Å². The first kappa shape index (κ1) is 23.0. The third-order valence-corrected chi connectivity index (χ3v) is 5.26. The zero-order chi connectivity index (χ0) is 21.8. The van der Waals surface area contributed by atoms with Gasteiger partial charge in [-0.05, 0) is 47.1 Å². The Morgan fingerprint density at radius 2 is 1.79 bits per heavy atom. The third kappa shape index (κ3) is 6.33. The molecule has 0 saturated carbocycles. The zero-order valence-electron chi connectivity index (χ0n) is 16.1. The fourth-order valence-corrected chi connectivity index (χ4v) is 3.92. The van der Waals surface area contributed by atoms with Crippen molar-refractivity contribution in [2.75, 3.05) is 5.32 Å². The number of carbonyl (C=O) groups is 2. The predicted molar refractivity (Wildman–Crippen MR) is 118 cm³/mol. The summed E-state index contributed by atoms with van der Waals surface area (Å²) >= 11 is 6.63. The van der Waals surface area contributed by atoms with Crippen LogP contribution in [0.3, 0.4) is 0 Å². The van der Waals surface area contributed by atoms with Gasteiger partial charge in [0.25, 0.3) is 0 Å². The molecular weight excluding hydrogens is 506 g/mol. The maximum atomic E-state index is 12.6. The van der Waals surface area contributed by atoms with Crippen LogP contribution in [0.1, 0.15) is 31.1 Å². The molecular formula is C21H21Br2NO5. The van der Waals surface area contributed by atoms with E-state index in [2.05, 4.69) is 37.2 Å². The highest BCUT2D eigenvalue weighted by Gasteiger charge is 2.35. The molecule has 6 nitrogen and oxygen atoms in total. The molecule has 1 amide bonds. The molecule has 0 aromatic heterocycles. The number of aryl methyl sites for hydroxylation is 1. The maximum absolute atomic E-state index is 12.6. The lowest BCUT2D eigenvalue weighted by Gasteiger charge is -2.32. The molecule has 0 heterocycles. The first-order valence-electron chi connectivity index (χ1n) is 8.64. The van der Waals surface area contributed by atoms with Crippen LogP contribution in [0.5, 0.6) is 5.75 Å². The topological polar surface area (TPSA) is 95.9 Å². The fraction of sp³-hybridized carbons (Fsp3) is 0.238. The van der Waals surface area contributed by atoms with E-state index in [1.807, 2.05) is 19.1 Å². The molecule has 0 saturated heterocycles. The van der Waals surface area contributed by atoms with Gasteiger partial charge in [-0.1, -0.05) is 53.5 Å². The van der Waals surface area contributed by atoms with Gasteiger partial charge in [0, 0.05) is 27.2 Å². The first-order valence-corrected chi connectivity index (χ1v) is 10.2. The fourth-order valence-electron chi connectivity index (χ4n) is 2.67. The SMILES string of the molecule is Cc1ccc(NC(=O)O[C@@H](c2cc(Br)cc(Br)c2O)C(C)(C)/C=C/C(=O)O)cc1. The summed E-state index contributed by atoms with van der Waals surface area (Å²) in [5.74, 6) is -1.22. The Balaban J connectivity index is 2.40. The highest BCUT2D eigenvalue weighted by molar-refractivity contribution is 9.11. The van der Waals surface area contributed by atoms with Gasteiger partial charge in [-0.3, -0.25) is 5.32 Å². The van der Waals surface area contributed by atoms with Gasteiger partial charge in [-0.2, -0.15) is 0 Å². The van der Waals surface area contributed by atoms with Crippen molar-refractivity contribution in [3.8, 4) is 5.75 Å². The smallest absolute Gasteiger partial charge is 0.412 e. The van der Waals surface area contributed by atoms with Gasteiger partial charge >= 0.3 is 12.1 Å². The van der Waals surface area contributed by atoms with E-state index in [9.17, 15) is 14.7 Å². The number of nitrogens with one attached hydrogen (secondary N) is 1. The summed E-state index contributed by atoms with van der Waals surface area (Å²) in [4.78, 5) is 23.6. The number of carbonyl (C=O) groups excluding carboxylic acids is 1. The second-order valence-corrected chi connectivity index (χ2v) is 8.86. The van der Waals surface area contributed by atoms with Crippen LogP contribution in [0.15, 0.2) is 57.5 Å². The van der Waals surface area contributed by atoms with Crippen LogP contribution in [0.4, 0.5) is 10.5 Å². The lowest BCUT2D eigenvalue weighted by Crippen LogP contribution is -2.28. The number of rotatable bonds is 6. The molecule has 1 atom stereocenters. The minimum absolute atomic E-state index is 0.0989. The number of phenols is 1. The summed E-state index contributed by atoms with van der Waals surface area (Å²) in [6.07, 6.45) is 0.703. The number of hydrogen-bond donors (Lipinski definition) is 3. The Morgan fingerprint density at radius 3 is 2.38 bits per heavy atom. The number of hydrogen-bond acceptors (Lipinski definition) is 4. The van der Waals surface area contributed by atoms with E-state index >= 15 is 0 Å². The Bertz CT molecular complexity index is 939. The van der Waals surface area contributed by atoms with Crippen LogP contribution >= 0.6 is 31.9 Å². The van der Waals surface area contributed by atoms with E-state index in [0.717, 1.165) is 11.6 Å². The van der Waals surface area contributed by atoms with Gasteiger partial charge in [0.15, 0.2) is 0 Å². The third-order valence-electron chi connectivity index (χ3n) is 4.19. The molecule has 0 spiro atoms. The normalized spacial score (nSPS) is 12.6. The Hall–Kier alpha value is -2.32. The standard InChI is InChI=1S/C21H21Br2NO5/c1-12-4-6-14(7-5-12)24-20(28)29-19(21(2,3)9-8-17(25)26)15-10-13(22)11-16(23)18(15)27/h4-11,19,27H,1-3H3,(H,24,28)(H,25,26)/b9-8+/t19-/m0/s1. The number of carboxylic acids is 1. The molecule has 0 unspecified atom stereocenters. The number of anilines is 1. The Morgan fingerprint density at radius 1 is 1.17 bits per heavy atom. The van der Waals surface area contributed by atoms with Gasteiger partial charge in [0.2, 0.25) is 0 Å². The minimum Gasteiger partial charge on any atom is -0.506 e. The number of aliphatic carboxylic acids is 1. The van der Waals surface area contributed by atoms with Crippen LogP contribution in [0, 0.1) is 12.3 Å².